The van der Waals surface area contributed by atoms with E-state index in [1.807, 2.05) is 12.1 Å². The lowest BCUT2D eigenvalue weighted by Gasteiger charge is -2.15. The normalized spacial score (nSPS) is 25.8. The number of sulfone groups is 1. The molecule has 25 heavy (non-hydrogen) atoms. The highest BCUT2D eigenvalue weighted by atomic mass is 35.5. The number of ether oxygens (including phenoxy) is 1. The Morgan fingerprint density at radius 1 is 1.12 bits per heavy atom. The first-order chi connectivity index (χ1) is 11.9. The summed E-state index contributed by atoms with van der Waals surface area (Å²) in [6.45, 7) is 0.466. The Kier molecular flexibility index (Phi) is 5.15. The van der Waals surface area contributed by atoms with Crippen LogP contribution in [-0.4, -0.2) is 33.9 Å². The molecule has 3 atom stereocenters. The Bertz CT molecular complexity index is 870. The number of benzene rings is 2. The molecule has 2 aromatic rings. The van der Waals surface area contributed by atoms with E-state index in [4.69, 9.17) is 33.7 Å². The smallest absolute Gasteiger partial charge is 0.182 e. The van der Waals surface area contributed by atoms with Crippen molar-refractivity contribution in [2.45, 2.75) is 16.1 Å². The van der Waals surface area contributed by atoms with Gasteiger partial charge in [0.05, 0.1) is 16.8 Å². The predicted octanol–water partition coefficient (Wildman–Crippen LogP) is 3.52. The zero-order chi connectivity index (χ0) is 18.2. The van der Waals surface area contributed by atoms with Gasteiger partial charge in [-0.2, -0.15) is 0 Å². The molecule has 0 radical (unpaired) electrons. The molecule has 1 aliphatic rings. The Hall–Kier alpha value is -1.11. The van der Waals surface area contributed by atoms with E-state index < -0.39 is 20.5 Å². The van der Waals surface area contributed by atoms with Crippen LogP contribution in [0.3, 0.4) is 0 Å². The molecular weight excluding hydrogens is 381 g/mol. The third kappa shape index (κ3) is 3.20. The molecule has 7 heteroatoms. The van der Waals surface area contributed by atoms with Gasteiger partial charge in [-0.3, -0.25) is 0 Å². The Labute approximate surface area is 157 Å². The van der Waals surface area contributed by atoms with E-state index in [1.165, 1.54) is 12.1 Å². The summed E-state index contributed by atoms with van der Waals surface area (Å²) >= 11 is 12.0. The minimum atomic E-state index is -3.60. The van der Waals surface area contributed by atoms with Crippen molar-refractivity contribution in [2.75, 3.05) is 20.3 Å². The van der Waals surface area contributed by atoms with Gasteiger partial charge >= 0.3 is 0 Å². The van der Waals surface area contributed by atoms with E-state index in [1.54, 1.807) is 31.4 Å². The highest BCUT2D eigenvalue weighted by Gasteiger charge is 2.70. The van der Waals surface area contributed by atoms with Crippen LogP contribution in [0.4, 0.5) is 0 Å². The fourth-order valence-corrected chi connectivity index (χ4v) is 6.43. The number of nitrogens with two attached hydrogens (primary N) is 1. The fraction of sp³-hybridized carbons (Fsp3) is 0.333. The lowest BCUT2D eigenvalue weighted by atomic mass is 10.00. The second-order valence-corrected chi connectivity index (χ2v) is 9.26. The summed E-state index contributed by atoms with van der Waals surface area (Å²) in [7, 11) is -2.04. The molecule has 0 saturated heterocycles. The van der Waals surface area contributed by atoms with Crippen molar-refractivity contribution < 1.29 is 13.2 Å². The molecule has 1 aliphatic carbocycles. The standard InChI is InChI=1S/C18H19Cl2NO3S/c1-24-11-18(10-21)16(12-3-2-4-14(20)9-12)17(18)25(22,23)15-7-5-13(19)6-8-15/h2-9,16-17H,10-11,21H2,1H3/t16-,17-,18-/m0/s1. The number of methoxy groups -OCH3 is 1. The molecule has 0 heterocycles. The first-order valence-electron chi connectivity index (χ1n) is 7.81. The maximum atomic E-state index is 13.2. The first kappa shape index (κ1) is 18.7. The van der Waals surface area contributed by atoms with Crippen LogP contribution in [0.2, 0.25) is 10.0 Å². The average molecular weight is 400 g/mol. The number of halogens is 2. The molecular formula is C18H19Cl2NO3S. The molecule has 2 aromatic carbocycles. The minimum Gasteiger partial charge on any atom is -0.384 e. The maximum absolute atomic E-state index is 13.2. The topological polar surface area (TPSA) is 69.4 Å². The van der Waals surface area contributed by atoms with Gasteiger partial charge in [-0.05, 0) is 42.0 Å². The zero-order valence-corrected chi connectivity index (χ0v) is 16.0. The van der Waals surface area contributed by atoms with Crippen LogP contribution >= 0.6 is 23.2 Å². The quantitative estimate of drug-likeness (QED) is 0.806. The van der Waals surface area contributed by atoms with Gasteiger partial charge in [-0.15, -0.1) is 0 Å². The molecule has 0 unspecified atom stereocenters. The van der Waals surface area contributed by atoms with E-state index in [0.29, 0.717) is 10.0 Å². The predicted molar refractivity (Wildman–Crippen MR) is 100.0 cm³/mol. The van der Waals surface area contributed by atoms with Crippen molar-refractivity contribution in [1.82, 2.24) is 0 Å². The van der Waals surface area contributed by atoms with E-state index in [-0.39, 0.29) is 24.0 Å². The zero-order valence-electron chi connectivity index (χ0n) is 13.7. The summed E-state index contributed by atoms with van der Waals surface area (Å²) in [6, 6.07) is 13.5. The lowest BCUT2D eigenvalue weighted by molar-refractivity contribution is 0.142. The van der Waals surface area contributed by atoms with Crippen LogP contribution < -0.4 is 5.73 Å². The van der Waals surface area contributed by atoms with Crippen LogP contribution in [0.25, 0.3) is 0 Å². The summed E-state index contributed by atoms with van der Waals surface area (Å²) in [6.07, 6.45) is 0. The minimum absolute atomic E-state index is 0.204. The molecule has 134 valence electrons. The third-order valence-corrected chi connectivity index (χ3v) is 7.68. The highest BCUT2D eigenvalue weighted by molar-refractivity contribution is 7.92. The third-order valence-electron chi connectivity index (χ3n) is 4.86. The van der Waals surface area contributed by atoms with Gasteiger partial charge in [0.2, 0.25) is 0 Å². The van der Waals surface area contributed by atoms with Crippen LogP contribution in [0.5, 0.6) is 0 Å². The van der Waals surface area contributed by atoms with Gasteiger partial charge in [0, 0.05) is 35.0 Å². The second-order valence-electron chi connectivity index (χ2n) is 6.32. The van der Waals surface area contributed by atoms with Gasteiger partial charge in [-0.1, -0.05) is 35.3 Å². The van der Waals surface area contributed by atoms with Crippen molar-refractivity contribution >= 4 is 33.0 Å². The number of hydrogen-bond donors (Lipinski definition) is 1. The SMILES string of the molecule is COC[C@@]1(CN)[C@@H](c2cccc(Cl)c2)[C@@H]1S(=O)(=O)c1ccc(Cl)cc1. The molecule has 0 spiro atoms. The summed E-state index contributed by atoms with van der Waals surface area (Å²) in [5.41, 5.74) is 6.20. The summed E-state index contributed by atoms with van der Waals surface area (Å²) in [5.74, 6) is -0.267. The van der Waals surface area contributed by atoms with Crippen LogP contribution in [0.1, 0.15) is 11.5 Å². The Morgan fingerprint density at radius 2 is 1.80 bits per heavy atom. The molecule has 0 aliphatic heterocycles. The number of hydrogen-bond acceptors (Lipinski definition) is 4. The molecule has 0 amide bonds. The highest BCUT2D eigenvalue weighted by Crippen LogP contribution is 2.63. The molecule has 1 fully saturated rings. The van der Waals surface area contributed by atoms with Crippen LogP contribution in [0, 0.1) is 5.41 Å². The van der Waals surface area contributed by atoms with Gasteiger partial charge in [0.1, 0.15) is 0 Å². The number of rotatable bonds is 6. The largest absolute Gasteiger partial charge is 0.384 e. The molecule has 3 rings (SSSR count). The van der Waals surface area contributed by atoms with E-state index in [9.17, 15) is 8.42 Å². The molecule has 2 N–H and O–H groups in total. The monoisotopic (exact) mass is 399 g/mol. The first-order valence-corrected chi connectivity index (χ1v) is 10.1. The molecule has 1 saturated carbocycles. The van der Waals surface area contributed by atoms with Gasteiger partial charge in [0.15, 0.2) is 9.84 Å². The van der Waals surface area contributed by atoms with Crippen LogP contribution in [-0.2, 0) is 14.6 Å². The van der Waals surface area contributed by atoms with E-state index in [2.05, 4.69) is 0 Å². The van der Waals surface area contributed by atoms with E-state index >= 15 is 0 Å². The van der Waals surface area contributed by atoms with Crippen molar-refractivity contribution in [3.05, 3.63) is 64.1 Å². The van der Waals surface area contributed by atoms with E-state index in [0.717, 1.165) is 5.56 Å². The molecule has 0 aromatic heterocycles. The van der Waals surface area contributed by atoms with Gasteiger partial charge in [-0.25, -0.2) is 8.42 Å². The lowest BCUT2D eigenvalue weighted by Crippen LogP contribution is -2.28. The van der Waals surface area contributed by atoms with Gasteiger partial charge < -0.3 is 10.5 Å². The second kappa shape index (κ2) is 6.89. The maximum Gasteiger partial charge on any atom is 0.182 e. The summed E-state index contributed by atoms with van der Waals surface area (Å²) in [5, 5.41) is 0.392. The van der Waals surface area contributed by atoms with Crippen molar-refractivity contribution in [3.8, 4) is 0 Å². The van der Waals surface area contributed by atoms with Gasteiger partial charge in [0.25, 0.3) is 0 Å². The molecule has 4 nitrogen and oxygen atoms in total. The van der Waals surface area contributed by atoms with Crippen molar-refractivity contribution in [3.63, 3.8) is 0 Å². The van der Waals surface area contributed by atoms with Crippen molar-refractivity contribution in [2.24, 2.45) is 11.1 Å². The summed E-state index contributed by atoms with van der Waals surface area (Å²) in [4.78, 5) is 0.236. The molecule has 0 bridgehead atoms. The summed E-state index contributed by atoms with van der Waals surface area (Å²) < 4.78 is 31.8. The average Bonchev–Trinajstić information content (AvgIpc) is 3.26. The Balaban J connectivity index is 2.07. The van der Waals surface area contributed by atoms with Crippen molar-refractivity contribution in [1.29, 1.82) is 0 Å². The van der Waals surface area contributed by atoms with Crippen LogP contribution in [0.15, 0.2) is 53.4 Å². The Morgan fingerprint density at radius 3 is 2.36 bits per heavy atom. The fourth-order valence-electron chi connectivity index (χ4n) is 3.66.